The van der Waals surface area contributed by atoms with Gasteiger partial charge in [0.1, 0.15) is 0 Å². The zero-order chi connectivity index (χ0) is 16.9. The standard InChI is InChI=1S/C19H19N3OS/c1-13-5-3-7-16(14(13)2)21-18(23)8-9-19-22-17(12-24-19)15-6-4-10-20-11-15/h3-7,10-12H,8-9H2,1-2H3,(H,21,23). The van der Waals surface area contributed by atoms with Crippen LogP contribution in [0, 0.1) is 13.8 Å². The van der Waals surface area contributed by atoms with Gasteiger partial charge in [-0.15, -0.1) is 11.3 Å². The number of hydrogen-bond donors (Lipinski definition) is 1. The Balaban J connectivity index is 1.59. The number of carbonyl (C=O) groups excluding carboxylic acids is 1. The van der Waals surface area contributed by atoms with E-state index in [1.165, 1.54) is 5.56 Å². The fraction of sp³-hybridized carbons (Fsp3) is 0.211. The van der Waals surface area contributed by atoms with E-state index in [0.717, 1.165) is 27.5 Å². The van der Waals surface area contributed by atoms with Crippen molar-refractivity contribution in [2.24, 2.45) is 0 Å². The van der Waals surface area contributed by atoms with E-state index >= 15 is 0 Å². The first kappa shape index (κ1) is 16.3. The Morgan fingerprint density at radius 1 is 1.21 bits per heavy atom. The van der Waals surface area contributed by atoms with Crippen LogP contribution in [0.15, 0.2) is 48.1 Å². The Hall–Kier alpha value is -2.53. The van der Waals surface area contributed by atoms with Crippen molar-refractivity contribution in [3.05, 3.63) is 64.2 Å². The fourth-order valence-electron chi connectivity index (χ4n) is 2.39. The van der Waals surface area contributed by atoms with E-state index in [4.69, 9.17) is 0 Å². The largest absolute Gasteiger partial charge is 0.326 e. The molecule has 0 spiro atoms. The lowest BCUT2D eigenvalue weighted by Crippen LogP contribution is -2.13. The van der Waals surface area contributed by atoms with Gasteiger partial charge in [-0.1, -0.05) is 12.1 Å². The smallest absolute Gasteiger partial charge is 0.224 e. The van der Waals surface area contributed by atoms with E-state index in [9.17, 15) is 4.79 Å². The third-order valence-electron chi connectivity index (χ3n) is 3.95. The minimum atomic E-state index is 0.0156. The van der Waals surface area contributed by atoms with Gasteiger partial charge in [-0.2, -0.15) is 0 Å². The minimum absolute atomic E-state index is 0.0156. The summed E-state index contributed by atoms with van der Waals surface area (Å²) in [5.74, 6) is 0.0156. The Kier molecular flexibility index (Phi) is 5.01. The van der Waals surface area contributed by atoms with Gasteiger partial charge in [0.05, 0.1) is 10.7 Å². The van der Waals surface area contributed by atoms with Crippen molar-refractivity contribution in [2.75, 3.05) is 5.32 Å². The molecule has 0 aliphatic heterocycles. The van der Waals surface area contributed by atoms with E-state index in [-0.39, 0.29) is 5.91 Å². The number of aromatic nitrogens is 2. The van der Waals surface area contributed by atoms with Crippen LogP contribution in [0.2, 0.25) is 0 Å². The lowest BCUT2D eigenvalue weighted by molar-refractivity contribution is -0.116. The molecule has 0 aliphatic rings. The van der Waals surface area contributed by atoms with Crippen LogP contribution in [0.3, 0.4) is 0 Å². The Bertz CT molecular complexity index is 843. The quantitative estimate of drug-likeness (QED) is 0.751. The summed E-state index contributed by atoms with van der Waals surface area (Å²) in [5, 5.41) is 5.96. The molecule has 3 rings (SSSR count). The predicted molar refractivity (Wildman–Crippen MR) is 98.2 cm³/mol. The van der Waals surface area contributed by atoms with Crippen molar-refractivity contribution in [1.82, 2.24) is 9.97 Å². The number of nitrogens with zero attached hydrogens (tertiary/aromatic N) is 2. The molecule has 3 aromatic rings. The molecule has 1 aromatic carbocycles. The van der Waals surface area contributed by atoms with Crippen LogP contribution in [-0.2, 0) is 11.2 Å². The monoisotopic (exact) mass is 337 g/mol. The summed E-state index contributed by atoms with van der Waals surface area (Å²) in [4.78, 5) is 20.9. The van der Waals surface area contributed by atoms with Crippen molar-refractivity contribution in [3.63, 3.8) is 0 Å². The normalized spacial score (nSPS) is 10.6. The van der Waals surface area contributed by atoms with Crippen LogP contribution >= 0.6 is 11.3 Å². The molecule has 0 saturated carbocycles. The van der Waals surface area contributed by atoms with Gasteiger partial charge in [0.2, 0.25) is 5.91 Å². The highest BCUT2D eigenvalue weighted by Gasteiger charge is 2.09. The fourth-order valence-corrected chi connectivity index (χ4v) is 3.20. The van der Waals surface area contributed by atoms with Crippen LogP contribution < -0.4 is 5.32 Å². The van der Waals surface area contributed by atoms with Crippen LogP contribution in [0.4, 0.5) is 5.69 Å². The molecule has 1 amide bonds. The molecule has 2 heterocycles. The summed E-state index contributed by atoms with van der Waals surface area (Å²) in [6, 6.07) is 9.81. The van der Waals surface area contributed by atoms with E-state index in [0.29, 0.717) is 12.8 Å². The first-order valence-corrected chi connectivity index (χ1v) is 8.72. The number of thiazole rings is 1. The van der Waals surface area contributed by atoms with E-state index in [2.05, 4.69) is 15.3 Å². The molecule has 0 bridgehead atoms. The van der Waals surface area contributed by atoms with Crippen molar-refractivity contribution in [2.45, 2.75) is 26.7 Å². The number of hydrogen-bond acceptors (Lipinski definition) is 4. The molecule has 1 N–H and O–H groups in total. The van der Waals surface area contributed by atoms with Crippen molar-refractivity contribution >= 4 is 22.9 Å². The molecule has 0 aliphatic carbocycles. The number of pyridine rings is 1. The van der Waals surface area contributed by atoms with Crippen LogP contribution in [0.1, 0.15) is 22.6 Å². The zero-order valence-corrected chi connectivity index (χ0v) is 14.6. The molecular formula is C19H19N3OS. The first-order valence-electron chi connectivity index (χ1n) is 7.84. The number of aryl methyl sites for hydroxylation is 2. The molecule has 4 nitrogen and oxygen atoms in total. The first-order chi connectivity index (χ1) is 11.6. The van der Waals surface area contributed by atoms with E-state index in [1.54, 1.807) is 23.7 Å². The summed E-state index contributed by atoms with van der Waals surface area (Å²) < 4.78 is 0. The van der Waals surface area contributed by atoms with Crippen molar-refractivity contribution < 1.29 is 4.79 Å². The second-order valence-corrected chi connectivity index (χ2v) is 6.61. The maximum atomic E-state index is 12.2. The number of carbonyl (C=O) groups is 1. The predicted octanol–water partition coefficient (Wildman–Crippen LogP) is 4.39. The maximum absolute atomic E-state index is 12.2. The molecule has 2 aromatic heterocycles. The summed E-state index contributed by atoms with van der Waals surface area (Å²) in [6.07, 6.45) is 4.61. The Morgan fingerprint density at radius 3 is 2.88 bits per heavy atom. The van der Waals surface area contributed by atoms with Crippen molar-refractivity contribution in [1.29, 1.82) is 0 Å². The molecular weight excluding hydrogens is 318 g/mol. The lowest BCUT2D eigenvalue weighted by Gasteiger charge is -2.09. The van der Waals surface area contributed by atoms with Gasteiger partial charge in [-0.3, -0.25) is 9.78 Å². The molecule has 0 unspecified atom stereocenters. The summed E-state index contributed by atoms with van der Waals surface area (Å²) in [5.41, 5.74) is 5.08. The molecule has 0 atom stereocenters. The third-order valence-corrected chi connectivity index (χ3v) is 4.86. The third kappa shape index (κ3) is 3.86. The van der Waals surface area contributed by atoms with Gasteiger partial charge >= 0.3 is 0 Å². The SMILES string of the molecule is Cc1cccc(NC(=O)CCc2nc(-c3cccnc3)cs2)c1C. The average molecular weight is 337 g/mol. The van der Waals surface area contributed by atoms with E-state index < -0.39 is 0 Å². The van der Waals surface area contributed by atoms with Crippen LogP contribution in [-0.4, -0.2) is 15.9 Å². The lowest BCUT2D eigenvalue weighted by atomic mass is 10.1. The maximum Gasteiger partial charge on any atom is 0.224 e. The number of amides is 1. The second-order valence-electron chi connectivity index (χ2n) is 5.66. The summed E-state index contributed by atoms with van der Waals surface area (Å²) >= 11 is 1.58. The van der Waals surface area contributed by atoms with E-state index in [1.807, 2.05) is 49.6 Å². The van der Waals surface area contributed by atoms with Gasteiger partial charge in [0.15, 0.2) is 0 Å². The number of benzene rings is 1. The van der Waals surface area contributed by atoms with Gasteiger partial charge in [0.25, 0.3) is 0 Å². The van der Waals surface area contributed by atoms with Gasteiger partial charge < -0.3 is 5.32 Å². The number of rotatable bonds is 5. The van der Waals surface area contributed by atoms with Crippen LogP contribution in [0.25, 0.3) is 11.3 Å². The molecule has 0 saturated heterocycles. The van der Waals surface area contributed by atoms with Crippen LogP contribution in [0.5, 0.6) is 0 Å². The topological polar surface area (TPSA) is 54.9 Å². The highest BCUT2D eigenvalue weighted by atomic mass is 32.1. The summed E-state index contributed by atoms with van der Waals surface area (Å²) in [6.45, 7) is 4.06. The van der Waals surface area contributed by atoms with Gasteiger partial charge in [0, 0.05) is 41.9 Å². The highest BCUT2D eigenvalue weighted by molar-refractivity contribution is 7.09. The Morgan fingerprint density at radius 2 is 2.08 bits per heavy atom. The molecule has 0 fully saturated rings. The van der Waals surface area contributed by atoms with Crippen molar-refractivity contribution in [3.8, 4) is 11.3 Å². The van der Waals surface area contributed by atoms with Gasteiger partial charge in [-0.25, -0.2) is 4.98 Å². The number of anilines is 1. The Labute approximate surface area is 145 Å². The highest BCUT2D eigenvalue weighted by Crippen LogP contribution is 2.22. The molecule has 0 radical (unpaired) electrons. The van der Waals surface area contributed by atoms with Gasteiger partial charge in [-0.05, 0) is 43.2 Å². The molecule has 5 heteroatoms. The second kappa shape index (κ2) is 7.36. The average Bonchev–Trinajstić information content (AvgIpc) is 3.07. The summed E-state index contributed by atoms with van der Waals surface area (Å²) in [7, 11) is 0. The molecule has 122 valence electrons. The molecule has 24 heavy (non-hydrogen) atoms. The zero-order valence-electron chi connectivity index (χ0n) is 13.7. The number of nitrogens with one attached hydrogen (secondary N) is 1. The minimum Gasteiger partial charge on any atom is -0.326 e.